The number of aliphatic imine (C=N–C) groups is 1. The summed E-state index contributed by atoms with van der Waals surface area (Å²) in [4.78, 5) is 9.92. The maximum absolute atomic E-state index is 12.7. The number of nitrogens with zero attached hydrogens (tertiary/aromatic N) is 2. The number of alkyl halides is 3. The zero-order valence-electron chi connectivity index (χ0n) is 16.7. The molecule has 0 amide bonds. The molecule has 0 spiro atoms. The number of ether oxygens (including phenoxy) is 1. The number of nitrogens with one attached hydrogen (secondary N) is 2. The van der Waals surface area contributed by atoms with Crippen LogP contribution in [0.3, 0.4) is 0 Å². The second kappa shape index (κ2) is 13.0. The highest BCUT2D eigenvalue weighted by Crippen LogP contribution is 2.31. The predicted molar refractivity (Wildman–Crippen MR) is 123 cm³/mol. The van der Waals surface area contributed by atoms with Crippen molar-refractivity contribution >= 4 is 41.3 Å². The molecular weight excluding hydrogens is 532 g/mol. The van der Waals surface area contributed by atoms with Gasteiger partial charge in [0.1, 0.15) is 23.5 Å². The summed E-state index contributed by atoms with van der Waals surface area (Å²) in [6.07, 6.45) is -2.60. The van der Waals surface area contributed by atoms with Gasteiger partial charge in [-0.25, -0.2) is 9.98 Å². The summed E-state index contributed by atoms with van der Waals surface area (Å²) in [7, 11) is 0. The zero-order valence-corrected chi connectivity index (χ0v) is 19.8. The second-order valence-corrected chi connectivity index (χ2v) is 7.34. The lowest BCUT2D eigenvalue weighted by Crippen LogP contribution is -2.42. The first-order valence-corrected chi connectivity index (χ1v) is 10.1. The van der Waals surface area contributed by atoms with Crippen LogP contribution < -0.4 is 15.4 Å². The van der Waals surface area contributed by atoms with Crippen molar-refractivity contribution in [3.05, 3.63) is 45.9 Å². The minimum Gasteiger partial charge on any atom is -0.491 e. The molecule has 0 bridgehead atoms. The van der Waals surface area contributed by atoms with E-state index < -0.39 is 17.8 Å². The second-order valence-electron chi connectivity index (χ2n) is 6.14. The van der Waals surface area contributed by atoms with E-state index in [9.17, 15) is 18.3 Å². The van der Waals surface area contributed by atoms with Gasteiger partial charge in [0.05, 0.1) is 12.1 Å². The Bertz CT molecular complexity index is 802. The number of guanidine groups is 1. The Morgan fingerprint density at radius 3 is 2.70 bits per heavy atom. The van der Waals surface area contributed by atoms with Crippen molar-refractivity contribution < 1.29 is 23.0 Å². The molecule has 2 rings (SSSR count). The van der Waals surface area contributed by atoms with Crippen molar-refractivity contribution in [1.82, 2.24) is 15.6 Å². The molecule has 6 nitrogen and oxygen atoms in total. The summed E-state index contributed by atoms with van der Waals surface area (Å²) in [5.74, 6) is 0.564. The van der Waals surface area contributed by atoms with Crippen molar-refractivity contribution in [3.63, 3.8) is 0 Å². The molecule has 168 valence electrons. The standard InChI is InChI=1S/C19H25F3N4O2S.HI/c1-3-16-10-24-17(29-16)11-26-18(23-4-2)25-9-14(27)12-28-15-7-5-6-13(8-15)19(20,21)22;/h5-8,10,14,27H,3-4,9,11-12H2,1-2H3,(H2,23,25,26);1H. The first-order chi connectivity index (χ1) is 13.8. The SMILES string of the molecule is CCNC(=NCc1ncc(CC)s1)NCC(O)COc1cccc(C(F)(F)F)c1.I. The minimum absolute atomic E-state index is 0. The fraction of sp³-hybridized carbons (Fsp3) is 0.474. The average Bonchev–Trinajstić information content (AvgIpc) is 3.16. The first-order valence-electron chi connectivity index (χ1n) is 9.25. The monoisotopic (exact) mass is 558 g/mol. The Hall–Kier alpha value is -1.60. The summed E-state index contributed by atoms with van der Waals surface area (Å²) in [6, 6.07) is 4.56. The Labute approximate surface area is 195 Å². The maximum Gasteiger partial charge on any atom is 0.416 e. The van der Waals surface area contributed by atoms with Crippen molar-refractivity contribution in [2.45, 2.75) is 39.1 Å². The van der Waals surface area contributed by atoms with E-state index in [0.29, 0.717) is 19.0 Å². The van der Waals surface area contributed by atoms with Gasteiger partial charge in [-0.1, -0.05) is 13.0 Å². The van der Waals surface area contributed by atoms with Crippen LogP contribution in [0.4, 0.5) is 13.2 Å². The molecule has 0 saturated heterocycles. The summed E-state index contributed by atoms with van der Waals surface area (Å²) in [5.41, 5.74) is -0.794. The van der Waals surface area contributed by atoms with Crippen LogP contribution in [0.2, 0.25) is 0 Å². The molecule has 1 heterocycles. The fourth-order valence-corrected chi connectivity index (χ4v) is 3.09. The first kappa shape index (κ1) is 26.4. The molecule has 3 N–H and O–H groups in total. The fourth-order valence-electron chi connectivity index (χ4n) is 2.30. The number of aliphatic hydroxyl groups is 1. The number of hydrogen-bond donors (Lipinski definition) is 3. The summed E-state index contributed by atoms with van der Waals surface area (Å²) in [5, 5.41) is 17.0. The Morgan fingerprint density at radius 1 is 1.30 bits per heavy atom. The van der Waals surface area contributed by atoms with Gasteiger partial charge in [0.15, 0.2) is 5.96 Å². The highest BCUT2D eigenvalue weighted by molar-refractivity contribution is 14.0. The molecule has 0 radical (unpaired) electrons. The van der Waals surface area contributed by atoms with E-state index in [1.807, 2.05) is 13.1 Å². The predicted octanol–water partition coefficient (Wildman–Crippen LogP) is 3.84. The Morgan fingerprint density at radius 2 is 2.07 bits per heavy atom. The number of thiazole rings is 1. The third-order valence-corrected chi connectivity index (χ3v) is 4.90. The molecule has 0 aliphatic carbocycles. The van der Waals surface area contributed by atoms with Crippen LogP contribution in [-0.4, -0.2) is 41.9 Å². The van der Waals surface area contributed by atoms with E-state index in [4.69, 9.17) is 4.74 Å². The van der Waals surface area contributed by atoms with Crippen LogP contribution in [0.25, 0.3) is 0 Å². The van der Waals surface area contributed by atoms with Gasteiger partial charge in [-0.05, 0) is 31.5 Å². The molecule has 1 unspecified atom stereocenters. The molecule has 0 aliphatic rings. The van der Waals surface area contributed by atoms with E-state index in [2.05, 4.69) is 27.5 Å². The normalized spacial score (nSPS) is 12.8. The third-order valence-electron chi connectivity index (χ3n) is 3.78. The molecule has 1 aromatic heterocycles. The molecule has 2 aromatic rings. The van der Waals surface area contributed by atoms with Gasteiger partial charge in [0, 0.05) is 24.2 Å². The number of rotatable bonds is 9. The zero-order chi connectivity index (χ0) is 21.3. The Kier molecular flexibility index (Phi) is 11.4. The van der Waals surface area contributed by atoms with Crippen LogP contribution in [0.1, 0.15) is 29.3 Å². The van der Waals surface area contributed by atoms with E-state index in [-0.39, 0.29) is 42.9 Å². The van der Waals surface area contributed by atoms with Gasteiger partial charge in [-0.15, -0.1) is 35.3 Å². The van der Waals surface area contributed by atoms with E-state index in [1.165, 1.54) is 17.0 Å². The minimum atomic E-state index is -4.44. The lowest BCUT2D eigenvalue weighted by Gasteiger charge is -2.16. The number of halogens is 4. The highest BCUT2D eigenvalue weighted by atomic mass is 127. The summed E-state index contributed by atoms with van der Waals surface area (Å²) < 4.78 is 43.5. The molecule has 30 heavy (non-hydrogen) atoms. The van der Waals surface area contributed by atoms with Crippen LogP contribution in [-0.2, 0) is 19.1 Å². The van der Waals surface area contributed by atoms with Crippen LogP contribution in [0.5, 0.6) is 5.75 Å². The largest absolute Gasteiger partial charge is 0.491 e. The number of aryl methyl sites for hydroxylation is 1. The molecule has 0 saturated carbocycles. The van der Waals surface area contributed by atoms with Crippen molar-refractivity contribution in [2.24, 2.45) is 4.99 Å². The number of aromatic nitrogens is 1. The third kappa shape index (κ3) is 9.04. The van der Waals surface area contributed by atoms with E-state index >= 15 is 0 Å². The topological polar surface area (TPSA) is 78.8 Å². The molecular formula is C19H26F3IN4O2S. The lowest BCUT2D eigenvalue weighted by atomic mass is 10.2. The lowest BCUT2D eigenvalue weighted by molar-refractivity contribution is -0.137. The molecule has 0 fully saturated rings. The van der Waals surface area contributed by atoms with Gasteiger partial charge in [-0.2, -0.15) is 13.2 Å². The van der Waals surface area contributed by atoms with Gasteiger partial charge < -0.3 is 20.5 Å². The van der Waals surface area contributed by atoms with Crippen molar-refractivity contribution in [3.8, 4) is 5.75 Å². The van der Waals surface area contributed by atoms with Crippen LogP contribution in [0, 0.1) is 0 Å². The van der Waals surface area contributed by atoms with Crippen LogP contribution >= 0.6 is 35.3 Å². The summed E-state index contributed by atoms with van der Waals surface area (Å²) >= 11 is 1.60. The maximum atomic E-state index is 12.7. The molecule has 1 atom stereocenters. The van der Waals surface area contributed by atoms with E-state index in [0.717, 1.165) is 23.6 Å². The quantitative estimate of drug-likeness (QED) is 0.248. The number of benzene rings is 1. The molecule has 11 heteroatoms. The highest BCUT2D eigenvalue weighted by Gasteiger charge is 2.30. The van der Waals surface area contributed by atoms with Gasteiger partial charge in [0.25, 0.3) is 0 Å². The van der Waals surface area contributed by atoms with Crippen LogP contribution in [0.15, 0.2) is 35.5 Å². The van der Waals surface area contributed by atoms with Gasteiger partial charge in [0.2, 0.25) is 0 Å². The van der Waals surface area contributed by atoms with Crippen molar-refractivity contribution in [2.75, 3.05) is 19.7 Å². The smallest absolute Gasteiger partial charge is 0.416 e. The molecule has 1 aromatic carbocycles. The van der Waals surface area contributed by atoms with Crippen molar-refractivity contribution in [1.29, 1.82) is 0 Å². The van der Waals surface area contributed by atoms with Gasteiger partial charge >= 0.3 is 6.18 Å². The van der Waals surface area contributed by atoms with Gasteiger partial charge in [-0.3, -0.25) is 0 Å². The molecule has 0 aliphatic heterocycles. The Balaban J connectivity index is 0.00000450. The number of hydrogen-bond acceptors (Lipinski definition) is 5. The van der Waals surface area contributed by atoms with E-state index in [1.54, 1.807) is 11.3 Å². The summed E-state index contributed by atoms with van der Waals surface area (Å²) in [6.45, 7) is 5.01. The average molecular weight is 558 g/mol. The number of aliphatic hydroxyl groups excluding tert-OH is 1.